The van der Waals surface area contributed by atoms with E-state index in [9.17, 15) is 29.6 Å². The molecular formula is C31H44ClN4O11P. The largest absolute Gasteiger partial charge is 0.438 e. The molecule has 4 rings (SSSR count). The lowest BCUT2D eigenvalue weighted by Crippen LogP contribution is -2.34. The number of anilines is 1. The van der Waals surface area contributed by atoms with Crippen molar-refractivity contribution in [2.24, 2.45) is 11.8 Å². The SMILES string of the molecule is CC(C)CC(=O)OCOP(=O)(COC[C@H]1O[C@@H](n2ccc3c(NC4CCCC4)c(C#N)c(Cl)nc32)[C@H](O)[C@@H]1O)OCOC(=O)CC(C)C. The number of rotatable bonds is 17. The van der Waals surface area contributed by atoms with Crippen molar-refractivity contribution < 1.29 is 52.4 Å². The molecule has 0 aromatic carbocycles. The third-order valence-electron chi connectivity index (χ3n) is 7.86. The molecule has 15 nitrogen and oxygen atoms in total. The van der Waals surface area contributed by atoms with Crippen molar-refractivity contribution in [3.63, 3.8) is 0 Å². The first-order chi connectivity index (χ1) is 22.8. The number of ether oxygens (including phenoxy) is 4. The summed E-state index contributed by atoms with van der Waals surface area (Å²) in [5, 5.41) is 35.6. The Kier molecular flexibility index (Phi) is 13.6. The summed E-state index contributed by atoms with van der Waals surface area (Å²) in [5.74, 6) is -1.07. The Labute approximate surface area is 284 Å². The first kappa shape index (κ1) is 38.0. The number of halogens is 1. The van der Waals surface area contributed by atoms with Crippen LogP contribution in [-0.2, 0) is 42.1 Å². The van der Waals surface area contributed by atoms with Gasteiger partial charge in [0.05, 0.1) is 12.3 Å². The number of carbonyl (C=O) groups is 2. The Bertz CT molecular complexity index is 1480. The zero-order chi connectivity index (χ0) is 35.0. The number of hydrogen-bond donors (Lipinski definition) is 3. The highest BCUT2D eigenvalue weighted by molar-refractivity contribution is 7.53. The predicted molar refractivity (Wildman–Crippen MR) is 173 cm³/mol. The van der Waals surface area contributed by atoms with Crippen LogP contribution in [0, 0.1) is 23.2 Å². The third-order valence-corrected chi connectivity index (χ3v) is 9.63. The molecule has 2 aromatic heterocycles. The first-order valence-corrected chi connectivity index (χ1v) is 18.1. The van der Waals surface area contributed by atoms with Gasteiger partial charge in [-0.3, -0.25) is 23.2 Å². The fourth-order valence-corrected chi connectivity index (χ4v) is 6.68. The van der Waals surface area contributed by atoms with Gasteiger partial charge in [-0.05, 0) is 30.7 Å². The minimum Gasteiger partial charge on any atom is -0.438 e. The second-order valence-corrected chi connectivity index (χ2v) is 15.1. The molecule has 0 unspecified atom stereocenters. The number of carbonyl (C=O) groups excluding carboxylic acids is 2. The molecule has 1 saturated heterocycles. The third kappa shape index (κ3) is 9.89. The lowest BCUT2D eigenvalue weighted by molar-refractivity contribution is -0.153. The minimum atomic E-state index is -4.16. The van der Waals surface area contributed by atoms with E-state index in [4.69, 9.17) is 39.6 Å². The van der Waals surface area contributed by atoms with E-state index in [1.807, 2.05) is 27.7 Å². The fourth-order valence-electron chi connectivity index (χ4n) is 5.49. The van der Waals surface area contributed by atoms with E-state index < -0.39 is 64.0 Å². The van der Waals surface area contributed by atoms with Crippen LogP contribution < -0.4 is 5.32 Å². The van der Waals surface area contributed by atoms with E-state index in [-0.39, 0.29) is 48.0 Å². The fraction of sp³-hybridized carbons (Fsp3) is 0.677. The number of esters is 2. The average Bonchev–Trinajstić information content (AvgIpc) is 3.73. The van der Waals surface area contributed by atoms with Gasteiger partial charge in [0.15, 0.2) is 11.4 Å². The zero-order valence-corrected chi connectivity index (χ0v) is 29.2. The molecule has 2 aliphatic rings. The Morgan fingerprint density at radius 1 is 1.10 bits per heavy atom. The highest BCUT2D eigenvalue weighted by Gasteiger charge is 2.45. The molecule has 0 spiro atoms. The maximum atomic E-state index is 13.4. The van der Waals surface area contributed by atoms with E-state index >= 15 is 0 Å². The maximum Gasteiger partial charge on any atom is 0.361 e. The maximum absolute atomic E-state index is 13.4. The van der Waals surface area contributed by atoms with Crippen LogP contribution in [0.1, 0.15) is 78.0 Å². The van der Waals surface area contributed by atoms with Gasteiger partial charge in [0.1, 0.15) is 41.9 Å². The van der Waals surface area contributed by atoms with E-state index in [2.05, 4.69) is 16.4 Å². The van der Waals surface area contributed by atoms with Crippen LogP contribution in [0.2, 0.25) is 5.15 Å². The lowest BCUT2D eigenvalue weighted by Gasteiger charge is -2.20. The van der Waals surface area contributed by atoms with Crippen LogP contribution in [0.4, 0.5) is 5.69 Å². The summed E-state index contributed by atoms with van der Waals surface area (Å²) < 4.78 is 46.9. The summed E-state index contributed by atoms with van der Waals surface area (Å²) in [6, 6.07) is 4.04. The van der Waals surface area contributed by atoms with E-state index in [0.717, 1.165) is 25.7 Å². The van der Waals surface area contributed by atoms with Gasteiger partial charge < -0.3 is 39.0 Å². The van der Waals surface area contributed by atoms with Crippen LogP contribution >= 0.6 is 19.2 Å². The van der Waals surface area contributed by atoms with Crippen molar-refractivity contribution in [1.29, 1.82) is 5.26 Å². The van der Waals surface area contributed by atoms with E-state index in [0.29, 0.717) is 16.7 Å². The average molecular weight is 715 g/mol. The number of aromatic nitrogens is 2. The number of fused-ring (bicyclic) bond motifs is 1. The molecule has 1 saturated carbocycles. The highest BCUT2D eigenvalue weighted by atomic mass is 35.5. The number of pyridine rings is 1. The van der Waals surface area contributed by atoms with E-state index in [1.54, 1.807) is 12.3 Å². The molecule has 48 heavy (non-hydrogen) atoms. The van der Waals surface area contributed by atoms with Crippen LogP contribution in [0.3, 0.4) is 0 Å². The van der Waals surface area contributed by atoms with Gasteiger partial charge in [0.25, 0.3) is 0 Å². The minimum absolute atomic E-state index is 0.0149. The summed E-state index contributed by atoms with van der Waals surface area (Å²) >= 11 is 6.42. The number of nitrogens with zero attached hydrogens (tertiary/aromatic N) is 3. The number of aliphatic hydroxyl groups is 2. The van der Waals surface area contributed by atoms with Crippen molar-refractivity contribution >= 4 is 47.9 Å². The second-order valence-electron chi connectivity index (χ2n) is 12.7. The van der Waals surface area contributed by atoms with Crippen molar-refractivity contribution in [3.05, 3.63) is 23.0 Å². The van der Waals surface area contributed by atoms with Crippen LogP contribution in [0.25, 0.3) is 11.0 Å². The van der Waals surface area contributed by atoms with Crippen molar-refractivity contribution in [2.45, 2.75) is 96.8 Å². The molecule has 0 radical (unpaired) electrons. The molecule has 0 amide bonds. The van der Waals surface area contributed by atoms with Crippen molar-refractivity contribution in [3.8, 4) is 6.07 Å². The van der Waals surface area contributed by atoms with Crippen LogP contribution in [0.5, 0.6) is 0 Å². The summed E-state index contributed by atoms with van der Waals surface area (Å²) in [4.78, 5) is 28.2. The Balaban J connectivity index is 1.42. The van der Waals surface area contributed by atoms with Gasteiger partial charge in [-0.15, -0.1) is 0 Å². The Hall–Kier alpha value is -2.80. The molecule has 2 aromatic rings. The quantitative estimate of drug-likeness (QED) is 0.0871. The summed E-state index contributed by atoms with van der Waals surface area (Å²) in [6.07, 6.45) is 0.218. The van der Waals surface area contributed by atoms with Gasteiger partial charge >= 0.3 is 19.5 Å². The van der Waals surface area contributed by atoms with Gasteiger partial charge in [-0.2, -0.15) is 5.26 Å². The second kappa shape index (κ2) is 17.2. The summed E-state index contributed by atoms with van der Waals surface area (Å²) in [6.45, 7) is 5.57. The molecule has 0 bridgehead atoms. The predicted octanol–water partition coefficient (Wildman–Crippen LogP) is 4.83. The summed E-state index contributed by atoms with van der Waals surface area (Å²) in [5.41, 5.74) is 1.10. The van der Waals surface area contributed by atoms with Gasteiger partial charge in [0, 0.05) is 30.5 Å². The van der Waals surface area contributed by atoms with Gasteiger partial charge in [-0.1, -0.05) is 52.1 Å². The van der Waals surface area contributed by atoms with E-state index in [1.165, 1.54) is 4.57 Å². The monoisotopic (exact) mass is 714 g/mol. The van der Waals surface area contributed by atoms with Crippen molar-refractivity contribution in [1.82, 2.24) is 9.55 Å². The summed E-state index contributed by atoms with van der Waals surface area (Å²) in [7, 11) is -4.16. The van der Waals surface area contributed by atoms with Gasteiger partial charge in [-0.25, -0.2) is 4.98 Å². The zero-order valence-electron chi connectivity index (χ0n) is 27.5. The molecule has 17 heteroatoms. The van der Waals surface area contributed by atoms with Crippen molar-refractivity contribution in [2.75, 3.05) is 31.9 Å². The Morgan fingerprint density at radius 2 is 1.71 bits per heavy atom. The molecule has 1 aliphatic heterocycles. The molecule has 2 fully saturated rings. The Morgan fingerprint density at radius 3 is 2.27 bits per heavy atom. The van der Waals surface area contributed by atoms with Crippen LogP contribution in [0.15, 0.2) is 12.3 Å². The standard InChI is InChI=1S/C31H44ClN4O11P/c1-18(2)11-24(37)43-15-45-48(41,46-16-44-25(38)12-19(3)4)17-42-14-23-27(39)28(40)31(47-23)36-10-9-21-26(34-20-7-5-6-8-20)22(13-33)29(32)35-30(21)36/h9-10,18-20,23,27-28,31,39-40H,5-8,11-12,14-17H2,1-4H3,(H,34,35)/t23-,27-,28-,31-/m1/s1. The van der Waals surface area contributed by atoms with Gasteiger partial charge in [0.2, 0.25) is 13.6 Å². The topological polar surface area (TPSA) is 201 Å². The van der Waals surface area contributed by atoms with Crippen LogP contribution in [-0.4, -0.2) is 82.6 Å². The molecule has 1 aliphatic carbocycles. The number of aliphatic hydroxyl groups excluding tert-OH is 2. The normalized spacial score (nSPS) is 21.7. The molecule has 3 heterocycles. The first-order valence-electron chi connectivity index (χ1n) is 16.0. The number of nitrogens with one attached hydrogen (secondary N) is 1. The molecule has 4 atom stereocenters. The number of hydrogen-bond acceptors (Lipinski definition) is 14. The molecule has 266 valence electrons. The molecule has 3 N–H and O–H groups in total. The number of nitriles is 1. The lowest BCUT2D eigenvalue weighted by atomic mass is 10.1. The highest BCUT2D eigenvalue weighted by Crippen LogP contribution is 2.48. The smallest absolute Gasteiger partial charge is 0.361 e. The molecular weight excluding hydrogens is 671 g/mol.